The van der Waals surface area contributed by atoms with E-state index in [-0.39, 0.29) is 0 Å². The molecule has 0 fully saturated rings. The molecule has 0 atom stereocenters. The van der Waals surface area contributed by atoms with Crippen molar-refractivity contribution in [1.29, 1.82) is 0 Å². The molecule has 0 aliphatic carbocycles. The summed E-state index contributed by atoms with van der Waals surface area (Å²) in [5.74, 6) is 0. The highest BCUT2D eigenvalue weighted by molar-refractivity contribution is 7.71. The molecule has 0 spiro atoms. The van der Waals surface area contributed by atoms with Crippen LogP contribution in [0.25, 0.3) is 0 Å². The van der Waals surface area contributed by atoms with Crippen LogP contribution in [0.4, 0.5) is 0 Å². The summed E-state index contributed by atoms with van der Waals surface area (Å²) in [4.78, 5) is 13.8. The summed E-state index contributed by atoms with van der Waals surface area (Å²) in [6, 6.07) is 1.96. The lowest BCUT2D eigenvalue weighted by atomic mass is 10.1. The number of hydrogen-bond acceptors (Lipinski definition) is 4. The molecule has 6 heteroatoms. The third-order valence-electron chi connectivity index (χ3n) is 3.22. The highest BCUT2D eigenvalue weighted by atomic mass is 35.5. The highest BCUT2D eigenvalue weighted by Crippen LogP contribution is 2.18. The Morgan fingerprint density at radius 2 is 2.26 bits per heavy atom. The first-order chi connectivity index (χ1) is 9.20. The lowest BCUT2D eigenvalue weighted by Crippen LogP contribution is -2.30. The molecule has 0 amide bonds. The van der Waals surface area contributed by atoms with Crippen LogP contribution in [0.2, 0.25) is 5.02 Å². The predicted molar refractivity (Wildman–Crippen MR) is 76.5 cm³/mol. The van der Waals surface area contributed by atoms with Gasteiger partial charge in [-0.3, -0.25) is 9.88 Å². The lowest BCUT2D eigenvalue weighted by molar-refractivity contribution is 0.242. The van der Waals surface area contributed by atoms with Crippen molar-refractivity contribution in [1.82, 2.24) is 19.9 Å². The zero-order valence-corrected chi connectivity index (χ0v) is 11.8. The quantitative estimate of drug-likeness (QED) is 0.865. The fraction of sp³-hybridized carbons (Fsp3) is 0.308. The van der Waals surface area contributed by atoms with Crippen LogP contribution in [0.1, 0.15) is 16.8 Å². The number of aromatic amines is 1. The van der Waals surface area contributed by atoms with Crippen molar-refractivity contribution in [3.8, 4) is 0 Å². The number of H-pyrrole nitrogens is 1. The van der Waals surface area contributed by atoms with E-state index in [0.717, 1.165) is 31.6 Å². The van der Waals surface area contributed by atoms with Crippen molar-refractivity contribution in [2.24, 2.45) is 0 Å². The fourth-order valence-corrected chi connectivity index (χ4v) is 2.71. The largest absolute Gasteiger partial charge is 0.334 e. The highest BCUT2D eigenvalue weighted by Gasteiger charge is 2.17. The average Bonchev–Trinajstić information content (AvgIpc) is 2.39. The standard InChI is InChI=1S/C13H13ClN4S/c14-11-3-9(4-15-6-11)7-18-2-1-12-10(8-18)5-16-13(19)17-12/h3-6H,1-2,7-8H2,(H,16,17,19). The SMILES string of the molecule is S=c1ncc2c([nH]1)CCN(Cc1cncc(Cl)c1)C2. The molecule has 0 radical (unpaired) electrons. The minimum atomic E-state index is 0.561. The van der Waals surface area contributed by atoms with Crippen LogP contribution in [-0.4, -0.2) is 26.4 Å². The summed E-state index contributed by atoms with van der Waals surface area (Å²) in [6.45, 7) is 2.72. The van der Waals surface area contributed by atoms with Crippen molar-refractivity contribution in [3.63, 3.8) is 0 Å². The monoisotopic (exact) mass is 292 g/mol. The van der Waals surface area contributed by atoms with E-state index in [1.165, 1.54) is 11.3 Å². The van der Waals surface area contributed by atoms with Crippen LogP contribution in [0.3, 0.4) is 0 Å². The van der Waals surface area contributed by atoms with Crippen LogP contribution in [-0.2, 0) is 19.5 Å². The molecule has 0 aromatic carbocycles. The summed E-state index contributed by atoms with van der Waals surface area (Å²) >= 11 is 11.0. The number of nitrogens with one attached hydrogen (secondary N) is 1. The van der Waals surface area contributed by atoms with Gasteiger partial charge in [0.05, 0.1) is 5.02 Å². The summed E-state index contributed by atoms with van der Waals surface area (Å²) in [7, 11) is 0. The molecule has 2 aromatic heterocycles. The number of hydrogen-bond donors (Lipinski definition) is 1. The molecule has 0 saturated carbocycles. The minimum absolute atomic E-state index is 0.561. The Morgan fingerprint density at radius 1 is 1.37 bits per heavy atom. The Bertz CT molecular complexity index is 655. The van der Waals surface area contributed by atoms with Crippen molar-refractivity contribution < 1.29 is 0 Å². The minimum Gasteiger partial charge on any atom is -0.334 e. The molecule has 1 aliphatic rings. The van der Waals surface area contributed by atoms with E-state index >= 15 is 0 Å². The number of nitrogens with zero attached hydrogens (tertiary/aromatic N) is 3. The van der Waals surface area contributed by atoms with Crippen molar-refractivity contribution in [3.05, 3.63) is 51.3 Å². The van der Waals surface area contributed by atoms with Gasteiger partial charge in [0.25, 0.3) is 0 Å². The van der Waals surface area contributed by atoms with Gasteiger partial charge in [-0.25, -0.2) is 4.98 Å². The van der Waals surface area contributed by atoms with E-state index < -0.39 is 0 Å². The predicted octanol–water partition coefficient (Wildman–Crippen LogP) is 2.75. The Labute approximate surface area is 121 Å². The van der Waals surface area contributed by atoms with Crippen LogP contribution < -0.4 is 0 Å². The van der Waals surface area contributed by atoms with E-state index in [1.807, 2.05) is 18.5 Å². The topological polar surface area (TPSA) is 44.8 Å². The van der Waals surface area contributed by atoms with Gasteiger partial charge in [0, 0.05) is 55.9 Å². The molecule has 1 N–H and O–H groups in total. The number of halogens is 1. The van der Waals surface area contributed by atoms with Gasteiger partial charge in [-0.1, -0.05) is 11.6 Å². The maximum Gasteiger partial charge on any atom is 0.196 e. The van der Waals surface area contributed by atoms with Crippen LogP contribution in [0.15, 0.2) is 24.7 Å². The van der Waals surface area contributed by atoms with E-state index in [0.29, 0.717) is 9.79 Å². The molecule has 2 aromatic rings. The molecule has 98 valence electrons. The Balaban J connectivity index is 1.75. The van der Waals surface area contributed by atoms with E-state index in [9.17, 15) is 0 Å². The Kier molecular flexibility index (Phi) is 3.59. The molecule has 3 rings (SSSR count). The Morgan fingerprint density at radius 3 is 3.11 bits per heavy atom. The second-order valence-electron chi connectivity index (χ2n) is 4.66. The second-order valence-corrected chi connectivity index (χ2v) is 5.49. The first-order valence-electron chi connectivity index (χ1n) is 6.09. The van der Waals surface area contributed by atoms with Crippen LogP contribution >= 0.6 is 23.8 Å². The van der Waals surface area contributed by atoms with Crippen molar-refractivity contribution >= 4 is 23.8 Å². The number of rotatable bonds is 2. The second kappa shape index (κ2) is 5.36. The molecule has 0 unspecified atom stereocenters. The third kappa shape index (κ3) is 3.00. The molecular formula is C13H13ClN4S. The smallest absolute Gasteiger partial charge is 0.196 e. The van der Waals surface area contributed by atoms with Gasteiger partial charge in [0.2, 0.25) is 0 Å². The van der Waals surface area contributed by atoms with Gasteiger partial charge in [0.15, 0.2) is 4.77 Å². The van der Waals surface area contributed by atoms with Gasteiger partial charge in [-0.15, -0.1) is 0 Å². The number of fused-ring (bicyclic) bond motifs is 1. The van der Waals surface area contributed by atoms with Gasteiger partial charge in [0.1, 0.15) is 0 Å². The zero-order valence-electron chi connectivity index (χ0n) is 10.3. The van der Waals surface area contributed by atoms with Gasteiger partial charge >= 0.3 is 0 Å². The molecule has 0 saturated heterocycles. The number of pyridine rings is 1. The van der Waals surface area contributed by atoms with E-state index in [2.05, 4.69) is 19.9 Å². The molecule has 0 bridgehead atoms. The van der Waals surface area contributed by atoms with Crippen molar-refractivity contribution in [2.75, 3.05) is 6.54 Å². The first-order valence-corrected chi connectivity index (χ1v) is 6.88. The fourth-order valence-electron chi connectivity index (χ4n) is 2.34. The summed E-state index contributed by atoms with van der Waals surface area (Å²) < 4.78 is 0.561. The normalized spacial score (nSPS) is 15.2. The number of aromatic nitrogens is 3. The zero-order chi connectivity index (χ0) is 13.2. The maximum absolute atomic E-state index is 5.95. The first kappa shape index (κ1) is 12.7. The lowest BCUT2D eigenvalue weighted by Gasteiger charge is -2.28. The van der Waals surface area contributed by atoms with Crippen LogP contribution in [0, 0.1) is 4.77 Å². The third-order valence-corrected chi connectivity index (χ3v) is 3.64. The molecular weight excluding hydrogens is 280 g/mol. The maximum atomic E-state index is 5.95. The van der Waals surface area contributed by atoms with Crippen LogP contribution in [0.5, 0.6) is 0 Å². The molecule has 19 heavy (non-hydrogen) atoms. The van der Waals surface area contributed by atoms with Gasteiger partial charge in [-0.05, 0) is 23.8 Å². The van der Waals surface area contributed by atoms with Crippen molar-refractivity contribution in [2.45, 2.75) is 19.5 Å². The van der Waals surface area contributed by atoms with Gasteiger partial charge < -0.3 is 4.98 Å². The molecule has 1 aliphatic heterocycles. The van der Waals surface area contributed by atoms with E-state index in [1.54, 1.807) is 6.20 Å². The van der Waals surface area contributed by atoms with E-state index in [4.69, 9.17) is 23.8 Å². The molecule has 4 nitrogen and oxygen atoms in total. The average molecular weight is 293 g/mol. The summed E-state index contributed by atoms with van der Waals surface area (Å²) in [5, 5.41) is 0.681. The summed E-state index contributed by atoms with van der Waals surface area (Å²) in [6.07, 6.45) is 6.35. The van der Waals surface area contributed by atoms with Gasteiger partial charge in [-0.2, -0.15) is 0 Å². The summed E-state index contributed by atoms with van der Waals surface area (Å²) in [5.41, 5.74) is 3.56. The molecule has 3 heterocycles. The Hall–Kier alpha value is -1.30.